The summed E-state index contributed by atoms with van der Waals surface area (Å²) in [6.45, 7) is 4.43. The van der Waals surface area contributed by atoms with E-state index in [0.717, 1.165) is 11.4 Å². The number of nitrogens with zero attached hydrogens (tertiary/aromatic N) is 4. The summed E-state index contributed by atoms with van der Waals surface area (Å²) in [5, 5.41) is 20.6. The molecule has 2 rings (SSSR count). The second-order valence-electron chi connectivity index (χ2n) is 5.05. The van der Waals surface area contributed by atoms with Crippen molar-refractivity contribution in [2.24, 2.45) is 5.92 Å². The third kappa shape index (κ3) is 3.40. The van der Waals surface area contributed by atoms with Crippen LogP contribution in [-0.4, -0.2) is 31.3 Å². The first-order valence-electron chi connectivity index (χ1n) is 6.60. The average Bonchev–Trinajstić information content (AvgIpc) is 2.86. The highest BCUT2D eigenvalue weighted by atomic mass is 16.4. The number of aromatic nitrogens is 4. The zero-order chi connectivity index (χ0) is 14.5. The smallest absolute Gasteiger partial charge is 0.303 e. The predicted molar refractivity (Wildman–Crippen MR) is 73.2 cm³/mol. The largest absolute Gasteiger partial charge is 0.481 e. The van der Waals surface area contributed by atoms with Crippen LogP contribution in [0.5, 0.6) is 0 Å². The molecule has 0 saturated carbocycles. The zero-order valence-electron chi connectivity index (χ0n) is 11.6. The van der Waals surface area contributed by atoms with Gasteiger partial charge in [0.1, 0.15) is 0 Å². The maximum Gasteiger partial charge on any atom is 0.303 e. The molecule has 0 spiro atoms. The van der Waals surface area contributed by atoms with Crippen LogP contribution < -0.4 is 0 Å². The van der Waals surface area contributed by atoms with Gasteiger partial charge in [-0.15, -0.1) is 5.10 Å². The summed E-state index contributed by atoms with van der Waals surface area (Å²) in [7, 11) is 0. The molecule has 20 heavy (non-hydrogen) atoms. The SMILES string of the molecule is CC(CC(=O)O)Cn1nnnc1C(C)c1ccccc1. The number of carbonyl (C=O) groups is 1. The van der Waals surface area contributed by atoms with Crippen molar-refractivity contribution in [2.75, 3.05) is 0 Å². The van der Waals surface area contributed by atoms with E-state index < -0.39 is 5.97 Å². The van der Waals surface area contributed by atoms with Crippen molar-refractivity contribution in [2.45, 2.75) is 32.7 Å². The van der Waals surface area contributed by atoms with E-state index in [1.54, 1.807) is 4.68 Å². The zero-order valence-corrected chi connectivity index (χ0v) is 11.6. The number of tetrazole rings is 1. The van der Waals surface area contributed by atoms with E-state index in [2.05, 4.69) is 15.5 Å². The lowest BCUT2D eigenvalue weighted by molar-refractivity contribution is -0.138. The van der Waals surface area contributed by atoms with Gasteiger partial charge >= 0.3 is 5.97 Å². The van der Waals surface area contributed by atoms with Crippen LogP contribution in [0.15, 0.2) is 30.3 Å². The van der Waals surface area contributed by atoms with Crippen molar-refractivity contribution in [3.63, 3.8) is 0 Å². The van der Waals surface area contributed by atoms with Gasteiger partial charge in [-0.05, 0) is 21.9 Å². The molecule has 106 valence electrons. The van der Waals surface area contributed by atoms with Crippen LogP contribution in [0, 0.1) is 5.92 Å². The van der Waals surface area contributed by atoms with Crippen molar-refractivity contribution >= 4 is 5.97 Å². The summed E-state index contributed by atoms with van der Waals surface area (Å²) in [6.07, 6.45) is 0.110. The lowest BCUT2D eigenvalue weighted by atomic mass is 10.0. The third-order valence-corrected chi connectivity index (χ3v) is 3.25. The molecule has 6 nitrogen and oxygen atoms in total. The molecule has 0 bridgehead atoms. The Morgan fingerprint density at radius 3 is 2.65 bits per heavy atom. The minimum Gasteiger partial charge on any atom is -0.481 e. The van der Waals surface area contributed by atoms with Crippen LogP contribution >= 0.6 is 0 Å². The number of aliphatic carboxylic acids is 1. The molecule has 1 aromatic heterocycles. The van der Waals surface area contributed by atoms with Crippen LogP contribution in [0.4, 0.5) is 0 Å². The van der Waals surface area contributed by atoms with Crippen LogP contribution in [0.3, 0.4) is 0 Å². The van der Waals surface area contributed by atoms with Crippen molar-refractivity contribution in [3.05, 3.63) is 41.7 Å². The van der Waals surface area contributed by atoms with Crippen LogP contribution in [-0.2, 0) is 11.3 Å². The fourth-order valence-corrected chi connectivity index (χ4v) is 2.20. The first kappa shape index (κ1) is 14.2. The molecule has 0 aliphatic heterocycles. The third-order valence-electron chi connectivity index (χ3n) is 3.25. The lowest BCUT2D eigenvalue weighted by Crippen LogP contribution is -2.16. The molecule has 2 unspecified atom stereocenters. The molecule has 0 aliphatic carbocycles. The number of hydrogen-bond acceptors (Lipinski definition) is 4. The standard InChI is InChI=1S/C14H18N4O2/c1-10(8-13(19)20)9-18-14(15-16-17-18)11(2)12-6-4-3-5-7-12/h3-7,10-11H,8-9H2,1-2H3,(H,19,20). The quantitative estimate of drug-likeness (QED) is 0.870. The summed E-state index contributed by atoms with van der Waals surface area (Å²) < 4.78 is 1.70. The molecule has 1 aromatic carbocycles. The van der Waals surface area contributed by atoms with Crippen molar-refractivity contribution in [3.8, 4) is 0 Å². The molecule has 0 aliphatic rings. The normalized spacial score (nSPS) is 13.9. The Bertz CT molecular complexity index is 568. The lowest BCUT2D eigenvalue weighted by Gasteiger charge is -2.14. The Morgan fingerprint density at radius 1 is 1.30 bits per heavy atom. The average molecular weight is 274 g/mol. The van der Waals surface area contributed by atoms with E-state index in [9.17, 15) is 4.79 Å². The molecule has 2 atom stereocenters. The van der Waals surface area contributed by atoms with E-state index in [1.165, 1.54) is 0 Å². The number of carboxylic acid groups (broad SMARTS) is 1. The second-order valence-corrected chi connectivity index (χ2v) is 5.05. The summed E-state index contributed by atoms with van der Waals surface area (Å²) >= 11 is 0. The van der Waals surface area contributed by atoms with E-state index in [-0.39, 0.29) is 18.3 Å². The summed E-state index contributed by atoms with van der Waals surface area (Å²) in [5.74, 6) is 0.0117. The van der Waals surface area contributed by atoms with Crippen molar-refractivity contribution in [1.82, 2.24) is 20.2 Å². The maximum absolute atomic E-state index is 10.7. The maximum atomic E-state index is 10.7. The number of benzene rings is 1. The molecule has 6 heteroatoms. The molecule has 2 aromatic rings. The molecule has 0 fully saturated rings. The molecule has 0 radical (unpaired) electrons. The van der Waals surface area contributed by atoms with Gasteiger partial charge in [0.15, 0.2) is 5.82 Å². The number of rotatable bonds is 6. The first-order valence-corrected chi connectivity index (χ1v) is 6.60. The van der Waals surface area contributed by atoms with E-state index >= 15 is 0 Å². The fourth-order valence-electron chi connectivity index (χ4n) is 2.20. The van der Waals surface area contributed by atoms with Gasteiger partial charge in [0.05, 0.1) is 0 Å². The van der Waals surface area contributed by atoms with Crippen LogP contribution in [0.25, 0.3) is 0 Å². The van der Waals surface area contributed by atoms with Gasteiger partial charge in [-0.2, -0.15) is 0 Å². The monoisotopic (exact) mass is 274 g/mol. The second kappa shape index (κ2) is 6.27. The number of hydrogen-bond donors (Lipinski definition) is 1. The molecule has 0 amide bonds. The Hall–Kier alpha value is -2.24. The Kier molecular flexibility index (Phi) is 4.45. The van der Waals surface area contributed by atoms with Gasteiger partial charge < -0.3 is 5.11 Å². The number of carboxylic acids is 1. The summed E-state index contributed by atoms with van der Waals surface area (Å²) in [4.78, 5) is 10.7. The van der Waals surface area contributed by atoms with E-state index in [0.29, 0.717) is 6.54 Å². The topological polar surface area (TPSA) is 80.9 Å². The molecular formula is C14H18N4O2. The van der Waals surface area contributed by atoms with E-state index in [4.69, 9.17) is 5.11 Å². The first-order chi connectivity index (χ1) is 9.58. The molecular weight excluding hydrogens is 256 g/mol. The van der Waals surface area contributed by atoms with Crippen LogP contribution in [0.1, 0.15) is 37.6 Å². The minimum absolute atomic E-state index is 0.0160. The van der Waals surface area contributed by atoms with Gasteiger partial charge in [0.25, 0.3) is 0 Å². The Labute approximate surface area is 117 Å². The van der Waals surface area contributed by atoms with Gasteiger partial charge in [-0.25, -0.2) is 4.68 Å². The molecule has 1 heterocycles. The van der Waals surface area contributed by atoms with Crippen molar-refractivity contribution in [1.29, 1.82) is 0 Å². The molecule has 1 N–H and O–H groups in total. The Morgan fingerprint density at radius 2 is 2.00 bits per heavy atom. The summed E-state index contributed by atoms with van der Waals surface area (Å²) in [6, 6.07) is 9.99. The van der Waals surface area contributed by atoms with Crippen molar-refractivity contribution < 1.29 is 9.90 Å². The predicted octanol–water partition coefficient (Wildman–Crippen LogP) is 1.94. The van der Waals surface area contributed by atoms with Crippen LogP contribution in [0.2, 0.25) is 0 Å². The summed E-state index contributed by atoms with van der Waals surface area (Å²) in [5.41, 5.74) is 1.13. The minimum atomic E-state index is -0.803. The highest BCUT2D eigenvalue weighted by Gasteiger charge is 2.18. The fraction of sp³-hybridized carbons (Fsp3) is 0.429. The highest BCUT2D eigenvalue weighted by Crippen LogP contribution is 2.22. The van der Waals surface area contributed by atoms with Gasteiger partial charge in [-0.1, -0.05) is 44.2 Å². The highest BCUT2D eigenvalue weighted by molar-refractivity contribution is 5.66. The molecule has 0 saturated heterocycles. The van der Waals surface area contributed by atoms with Gasteiger partial charge in [0.2, 0.25) is 0 Å². The Balaban J connectivity index is 2.14. The van der Waals surface area contributed by atoms with E-state index in [1.807, 2.05) is 44.2 Å². The van der Waals surface area contributed by atoms with Gasteiger partial charge in [0, 0.05) is 18.9 Å². The van der Waals surface area contributed by atoms with Gasteiger partial charge in [-0.3, -0.25) is 4.79 Å².